The van der Waals surface area contributed by atoms with Gasteiger partial charge in [0, 0.05) is 6.07 Å². The van der Waals surface area contributed by atoms with E-state index >= 15 is 0 Å². The molecular weight excluding hydrogens is 236 g/mol. The normalized spacial score (nSPS) is 19.1. The number of carbonyl (C=O) groups excluding carboxylic acids is 1. The van der Waals surface area contributed by atoms with Crippen LogP contribution in [0.25, 0.3) is 0 Å². The number of rotatable bonds is 4. The SMILES string of the molecule is COc1ccc(C(=O)C2CCCS2)c(OC)c1. The Morgan fingerprint density at radius 1 is 1.35 bits per heavy atom. The summed E-state index contributed by atoms with van der Waals surface area (Å²) < 4.78 is 10.4. The van der Waals surface area contributed by atoms with Crippen molar-refractivity contribution in [2.45, 2.75) is 18.1 Å². The third kappa shape index (κ3) is 2.57. The molecule has 4 heteroatoms. The van der Waals surface area contributed by atoms with E-state index in [4.69, 9.17) is 9.47 Å². The quantitative estimate of drug-likeness (QED) is 0.772. The van der Waals surface area contributed by atoms with Crippen LogP contribution < -0.4 is 9.47 Å². The van der Waals surface area contributed by atoms with Gasteiger partial charge in [-0.05, 0) is 30.7 Å². The van der Waals surface area contributed by atoms with Gasteiger partial charge >= 0.3 is 0 Å². The smallest absolute Gasteiger partial charge is 0.179 e. The Hall–Kier alpha value is -1.16. The largest absolute Gasteiger partial charge is 0.497 e. The Morgan fingerprint density at radius 2 is 2.18 bits per heavy atom. The van der Waals surface area contributed by atoms with Crippen molar-refractivity contribution in [2.75, 3.05) is 20.0 Å². The maximum atomic E-state index is 12.3. The Labute approximate surface area is 105 Å². The molecule has 1 heterocycles. The van der Waals surface area contributed by atoms with Gasteiger partial charge in [0.2, 0.25) is 0 Å². The van der Waals surface area contributed by atoms with Gasteiger partial charge in [-0.3, -0.25) is 4.79 Å². The molecule has 0 amide bonds. The number of Topliss-reactive ketones (excluding diaryl/α,β-unsaturated/α-hetero) is 1. The summed E-state index contributed by atoms with van der Waals surface area (Å²) in [5, 5.41) is 0.0947. The number of thioether (sulfide) groups is 1. The minimum atomic E-state index is 0.0947. The molecule has 0 N–H and O–H groups in total. The van der Waals surface area contributed by atoms with Crippen molar-refractivity contribution in [1.29, 1.82) is 0 Å². The zero-order valence-electron chi connectivity index (χ0n) is 10.1. The van der Waals surface area contributed by atoms with E-state index in [1.54, 1.807) is 44.2 Å². The monoisotopic (exact) mass is 252 g/mol. The zero-order chi connectivity index (χ0) is 12.3. The van der Waals surface area contributed by atoms with Crippen LogP contribution in [0, 0.1) is 0 Å². The number of ether oxygens (including phenoxy) is 2. The molecule has 1 aliphatic rings. The molecule has 1 fully saturated rings. The lowest BCUT2D eigenvalue weighted by atomic mass is 10.0. The van der Waals surface area contributed by atoms with Crippen LogP contribution >= 0.6 is 11.8 Å². The van der Waals surface area contributed by atoms with Gasteiger partial charge in [-0.1, -0.05) is 0 Å². The van der Waals surface area contributed by atoms with Crippen LogP contribution in [0.1, 0.15) is 23.2 Å². The van der Waals surface area contributed by atoms with Crippen molar-refractivity contribution >= 4 is 17.5 Å². The van der Waals surface area contributed by atoms with Gasteiger partial charge in [-0.15, -0.1) is 0 Å². The highest BCUT2D eigenvalue weighted by Crippen LogP contribution is 2.33. The summed E-state index contributed by atoms with van der Waals surface area (Å²) in [7, 11) is 3.18. The summed E-state index contributed by atoms with van der Waals surface area (Å²) in [6, 6.07) is 5.35. The first-order valence-corrected chi connectivity index (χ1v) is 6.69. The van der Waals surface area contributed by atoms with E-state index in [-0.39, 0.29) is 11.0 Å². The maximum Gasteiger partial charge on any atom is 0.179 e. The average molecular weight is 252 g/mol. The third-order valence-electron chi connectivity index (χ3n) is 2.90. The first-order chi connectivity index (χ1) is 8.26. The summed E-state index contributed by atoms with van der Waals surface area (Å²) in [5.41, 5.74) is 0.660. The summed E-state index contributed by atoms with van der Waals surface area (Å²) >= 11 is 1.74. The van der Waals surface area contributed by atoms with Crippen molar-refractivity contribution < 1.29 is 14.3 Å². The third-order valence-corrected chi connectivity index (χ3v) is 4.27. The predicted octanol–water partition coefficient (Wildman–Crippen LogP) is 2.78. The molecule has 3 nitrogen and oxygen atoms in total. The molecule has 0 aliphatic carbocycles. The fraction of sp³-hybridized carbons (Fsp3) is 0.462. The molecule has 0 radical (unpaired) electrons. The predicted molar refractivity (Wildman–Crippen MR) is 69.4 cm³/mol. The van der Waals surface area contributed by atoms with Gasteiger partial charge in [-0.25, -0.2) is 0 Å². The Kier molecular flexibility index (Phi) is 3.94. The number of methoxy groups -OCH3 is 2. The van der Waals surface area contributed by atoms with E-state index in [0.717, 1.165) is 18.6 Å². The van der Waals surface area contributed by atoms with E-state index in [1.807, 2.05) is 0 Å². The van der Waals surface area contributed by atoms with Gasteiger partial charge in [-0.2, -0.15) is 11.8 Å². The second-order valence-corrected chi connectivity index (χ2v) is 5.24. The van der Waals surface area contributed by atoms with Crippen LogP contribution in [0.4, 0.5) is 0 Å². The summed E-state index contributed by atoms with van der Waals surface area (Å²) in [5.74, 6) is 2.56. The van der Waals surface area contributed by atoms with E-state index in [0.29, 0.717) is 17.1 Å². The van der Waals surface area contributed by atoms with Gasteiger partial charge in [0.1, 0.15) is 11.5 Å². The number of hydrogen-bond acceptors (Lipinski definition) is 4. The minimum Gasteiger partial charge on any atom is -0.497 e. The van der Waals surface area contributed by atoms with Gasteiger partial charge < -0.3 is 9.47 Å². The van der Waals surface area contributed by atoms with Crippen LogP contribution in [-0.4, -0.2) is 31.0 Å². The lowest BCUT2D eigenvalue weighted by Crippen LogP contribution is -2.15. The highest BCUT2D eigenvalue weighted by atomic mass is 32.2. The molecular formula is C13H16O3S. The molecule has 0 bridgehead atoms. The van der Waals surface area contributed by atoms with E-state index in [2.05, 4.69) is 0 Å². The lowest BCUT2D eigenvalue weighted by molar-refractivity contribution is 0.0985. The summed E-state index contributed by atoms with van der Waals surface area (Å²) in [6.45, 7) is 0. The van der Waals surface area contributed by atoms with Crippen molar-refractivity contribution in [2.24, 2.45) is 0 Å². The molecule has 1 saturated heterocycles. The maximum absolute atomic E-state index is 12.3. The molecule has 17 heavy (non-hydrogen) atoms. The zero-order valence-corrected chi connectivity index (χ0v) is 10.9. The molecule has 92 valence electrons. The Bertz CT molecular complexity index is 411. The van der Waals surface area contributed by atoms with Crippen molar-refractivity contribution in [3.63, 3.8) is 0 Å². The molecule has 1 atom stereocenters. The first kappa shape index (κ1) is 12.3. The average Bonchev–Trinajstić information content (AvgIpc) is 2.91. The Balaban J connectivity index is 2.27. The highest BCUT2D eigenvalue weighted by molar-refractivity contribution is 8.00. The molecule has 2 rings (SSSR count). The molecule has 1 aliphatic heterocycles. The molecule has 1 aromatic rings. The van der Waals surface area contributed by atoms with Crippen molar-refractivity contribution in [3.05, 3.63) is 23.8 Å². The van der Waals surface area contributed by atoms with Gasteiger partial charge in [0.05, 0.1) is 25.0 Å². The fourth-order valence-electron chi connectivity index (χ4n) is 1.96. The molecule has 1 unspecified atom stereocenters. The van der Waals surface area contributed by atoms with Crippen molar-refractivity contribution in [1.82, 2.24) is 0 Å². The van der Waals surface area contributed by atoms with Crippen LogP contribution in [0.2, 0.25) is 0 Å². The second-order valence-electron chi connectivity index (χ2n) is 3.93. The standard InChI is InChI=1S/C13H16O3S/c1-15-9-5-6-10(11(8-9)16-2)13(14)12-4-3-7-17-12/h5-6,8,12H,3-4,7H2,1-2H3. The molecule has 1 aromatic carbocycles. The molecule has 0 saturated carbocycles. The first-order valence-electron chi connectivity index (χ1n) is 5.64. The second kappa shape index (κ2) is 5.45. The highest BCUT2D eigenvalue weighted by Gasteiger charge is 2.26. The lowest BCUT2D eigenvalue weighted by Gasteiger charge is -2.12. The number of hydrogen-bond donors (Lipinski definition) is 0. The van der Waals surface area contributed by atoms with E-state index in [1.165, 1.54) is 0 Å². The number of benzene rings is 1. The topological polar surface area (TPSA) is 35.5 Å². The van der Waals surface area contributed by atoms with E-state index in [9.17, 15) is 4.79 Å². The number of carbonyl (C=O) groups is 1. The van der Waals surface area contributed by atoms with Crippen molar-refractivity contribution in [3.8, 4) is 11.5 Å². The molecule has 0 spiro atoms. The fourth-order valence-corrected chi connectivity index (χ4v) is 3.19. The van der Waals surface area contributed by atoms with Gasteiger partial charge in [0.25, 0.3) is 0 Å². The summed E-state index contributed by atoms with van der Waals surface area (Å²) in [6.07, 6.45) is 2.10. The Morgan fingerprint density at radius 3 is 2.76 bits per heavy atom. The minimum absolute atomic E-state index is 0.0947. The molecule has 0 aromatic heterocycles. The van der Waals surface area contributed by atoms with Crippen LogP contribution in [0.15, 0.2) is 18.2 Å². The van der Waals surface area contributed by atoms with Crippen LogP contribution in [0.3, 0.4) is 0 Å². The van der Waals surface area contributed by atoms with Crippen LogP contribution in [0.5, 0.6) is 11.5 Å². The van der Waals surface area contributed by atoms with Gasteiger partial charge in [0.15, 0.2) is 5.78 Å². The number of ketones is 1. The summed E-state index contributed by atoms with van der Waals surface area (Å²) in [4.78, 5) is 12.3. The van der Waals surface area contributed by atoms with E-state index < -0.39 is 0 Å². The van der Waals surface area contributed by atoms with Crippen LogP contribution in [-0.2, 0) is 0 Å².